The van der Waals surface area contributed by atoms with E-state index in [2.05, 4.69) is 4.98 Å². The third-order valence-electron chi connectivity index (χ3n) is 3.36. The molecule has 0 saturated carbocycles. The third kappa shape index (κ3) is 3.20. The topological polar surface area (TPSA) is 66.0 Å². The van der Waals surface area contributed by atoms with Gasteiger partial charge in [0.05, 0.1) is 5.56 Å². The van der Waals surface area contributed by atoms with Crippen LogP contribution >= 0.6 is 0 Å². The van der Waals surface area contributed by atoms with Gasteiger partial charge in [-0.15, -0.1) is 0 Å². The Labute approximate surface area is 115 Å². The van der Waals surface area contributed by atoms with E-state index in [0.29, 0.717) is 13.1 Å². The number of aromatic nitrogens is 1. The van der Waals surface area contributed by atoms with Crippen LogP contribution in [-0.4, -0.2) is 23.9 Å². The molecule has 0 aliphatic carbocycles. The predicted molar refractivity (Wildman–Crippen MR) is 70.9 cm³/mol. The lowest BCUT2D eigenvalue weighted by Gasteiger charge is -2.24. The maximum atomic E-state index is 12.8. The second-order valence-electron chi connectivity index (χ2n) is 4.88. The van der Waals surface area contributed by atoms with Crippen LogP contribution in [0, 0.1) is 5.41 Å². The van der Waals surface area contributed by atoms with Gasteiger partial charge < -0.3 is 10.6 Å². The van der Waals surface area contributed by atoms with Crippen LogP contribution in [0.5, 0.6) is 0 Å². The van der Waals surface area contributed by atoms with Crippen molar-refractivity contribution in [2.75, 3.05) is 18.0 Å². The maximum Gasteiger partial charge on any atom is 0.433 e. The number of amidine groups is 1. The molecule has 1 aromatic heterocycles. The number of alkyl halides is 3. The summed E-state index contributed by atoms with van der Waals surface area (Å²) in [7, 11) is 0. The van der Waals surface area contributed by atoms with Gasteiger partial charge >= 0.3 is 6.18 Å². The van der Waals surface area contributed by atoms with Gasteiger partial charge in [0.2, 0.25) is 0 Å². The Balaban J connectivity index is 2.43. The van der Waals surface area contributed by atoms with Crippen molar-refractivity contribution in [2.45, 2.75) is 31.9 Å². The minimum atomic E-state index is -4.49. The van der Waals surface area contributed by atoms with Crippen LogP contribution in [0.2, 0.25) is 0 Å². The highest BCUT2D eigenvalue weighted by Gasteiger charge is 2.34. The minimum absolute atomic E-state index is 0.175. The summed E-state index contributed by atoms with van der Waals surface area (Å²) in [5, 5.41) is 7.51. The standard InChI is InChI=1S/C13H17F3N4/c14-13(15,16)10-6-5-9(11(17)18)12(19-10)20-7-3-1-2-4-8-20/h5-6H,1-4,7-8H2,(H3,17,18). The molecule has 0 atom stereocenters. The Kier molecular flexibility index (Phi) is 4.15. The predicted octanol–water partition coefficient (Wildman–Crippen LogP) is 2.76. The fraction of sp³-hybridized carbons (Fsp3) is 0.538. The molecule has 7 heteroatoms. The van der Waals surface area contributed by atoms with Gasteiger partial charge in [-0.2, -0.15) is 13.2 Å². The second-order valence-corrected chi connectivity index (χ2v) is 4.88. The molecule has 4 nitrogen and oxygen atoms in total. The summed E-state index contributed by atoms with van der Waals surface area (Å²) in [5.41, 5.74) is 4.78. The molecule has 20 heavy (non-hydrogen) atoms. The van der Waals surface area contributed by atoms with Gasteiger partial charge in [0.25, 0.3) is 0 Å². The molecular formula is C13H17F3N4. The fourth-order valence-corrected chi connectivity index (χ4v) is 2.34. The van der Waals surface area contributed by atoms with Crippen LogP contribution in [0.1, 0.15) is 36.9 Å². The summed E-state index contributed by atoms with van der Waals surface area (Å²) >= 11 is 0. The van der Waals surface area contributed by atoms with Crippen LogP contribution in [0.3, 0.4) is 0 Å². The first-order valence-electron chi connectivity index (χ1n) is 6.57. The van der Waals surface area contributed by atoms with E-state index < -0.39 is 11.9 Å². The molecular weight excluding hydrogens is 269 g/mol. The van der Waals surface area contributed by atoms with Crippen LogP contribution in [-0.2, 0) is 6.18 Å². The van der Waals surface area contributed by atoms with Gasteiger partial charge in [0.15, 0.2) is 0 Å². The van der Waals surface area contributed by atoms with Crippen LogP contribution in [0.15, 0.2) is 12.1 Å². The first kappa shape index (κ1) is 14.6. The number of hydrogen-bond acceptors (Lipinski definition) is 3. The van der Waals surface area contributed by atoms with Gasteiger partial charge in [-0.25, -0.2) is 4.98 Å². The van der Waals surface area contributed by atoms with Crippen molar-refractivity contribution in [3.63, 3.8) is 0 Å². The molecule has 0 radical (unpaired) electrons. The maximum absolute atomic E-state index is 12.8. The summed E-state index contributed by atoms with van der Waals surface area (Å²) < 4.78 is 38.3. The zero-order valence-electron chi connectivity index (χ0n) is 11.0. The van der Waals surface area contributed by atoms with Crippen molar-refractivity contribution in [3.05, 3.63) is 23.4 Å². The summed E-state index contributed by atoms with van der Waals surface area (Å²) in [6.07, 6.45) is -0.545. The van der Waals surface area contributed by atoms with E-state index in [0.717, 1.165) is 31.7 Å². The van der Waals surface area contributed by atoms with Crippen LogP contribution in [0.4, 0.5) is 19.0 Å². The summed E-state index contributed by atoms with van der Waals surface area (Å²) in [5.74, 6) is -0.0836. The quantitative estimate of drug-likeness (QED) is 0.649. The second kappa shape index (κ2) is 5.68. The number of nitrogens with one attached hydrogen (secondary N) is 1. The Morgan fingerprint density at radius 1 is 1.15 bits per heavy atom. The highest BCUT2D eigenvalue weighted by molar-refractivity contribution is 5.99. The van der Waals surface area contributed by atoms with Gasteiger partial charge in [0.1, 0.15) is 17.3 Å². The Morgan fingerprint density at radius 3 is 2.25 bits per heavy atom. The molecule has 1 aliphatic rings. The molecule has 0 amide bonds. The first-order valence-corrected chi connectivity index (χ1v) is 6.57. The van der Waals surface area contributed by atoms with Crippen molar-refractivity contribution >= 4 is 11.7 Å². The van der Waals surface area contributed by atoms with E-state index in [1.165, 1.54) is 6.07 Å². The van der Waals surface area contributed by atoms with E-state index in [4.69, 9.17) is 11.1 Å². The average Bonchev–Trinajstić information content (AvgIpc) is 2.65. The Hall–Kier alpha value is -1.79. The van der Waals surface area contributed by atoms with Crippen molar-refractivity contribution in [1.29, 1.82) is 5.41 Å². The summed E-state index contributed by atoms with van der Waals surface area (Å²) in [6.45, 7) is 1.29. The molecule has 1 aromatic rings. The Morgan fingerprint density at radius 2 is 1.75 bits per heavy atom. The SMILES string of the molecule is N=C(N)c1ccc(C(F)(F)F)nc1N1CCCCCC1. The third-order valence-corrected chi connectivity index (χ3v) is 3.36. The molecule has 0 bridgehead atoms. The zero-order valence-corrected chi connectivity index (χ0v) is 11.0. The number of nitrogen functional groups attached to an aromatic ring is 1. The van der Waals surface area contributed by atoms with Crippen molar-refractivity contribution in [2.24, 2.45) is 5.73 Å². The van der Waals surface area contributed by atoms with E-state index in [1.54, 1.807) is 4.90 Å². The van der Waals surface area contributed by atoms with Gasteiger partial charge in [-0.1, -0.05) is 12.8 Å². The summed E-state index contributed by atoms with van der Waals surface area (Å²) in [4.78, 5) is 5.52. The van der Waals surface area contributed by atoms with Crippen molar-refractivity contribution in [3.8, 4) is 0 Å². The molecule has 0 spiro atoms. The number of halogens is 3. The van der Waals surface area contributed by atoms with Crippen LogP contribution in [0.25, 0.3) is 0 Å². The van der Waals surface area contributed by atoms with Crippen molar-refractivity contribution < 1.29 is 13.2 Å². The number of nitrogens with two attached hydrogens (primary N) is 1. The average molecular weight is 286 g/mol. The van der Waals surface area contributed by atoms with Crippen LogP contribution < -0.4 is 10.6 Å². The Bertz CT molecular complexity index is 491. The zero-order chi connectivity index (χ0) is 14.8. The molecule has 3 N–H and O–H groups in total. The van der Waals surface area contributed by atoms with Gasteiger partial charge in [0, 0.05) is 13.1 Å². The normalized spacial score (nSPS) is 16.9. The van der Waals surface area contributed by atoms with Crippen molar-refractivity contribution in [1.82, 2.24) is 4.98 Å². The number of pyridine rings is 1. The van der Waals surface area contributed by atoms with E-state index >= 15 is 0 Å². The highest BCUT2D eigenvalue weighted by atomic mass is 19.4. The smallest absolute Gasteiger partial charge is 0.384 e. The van der Waals surface area contributed by atoms with E-state index in [1.807, 2.05) is 0 Å². The summed E-state index contributed by atoms with van der Waals surface area (Å²) in [6, 6.07) is 2.11. The van der Waals surface area contributed by atoms with E-state index in [9.17, 15) is 13.2 Å². The van der Waals surface area contributed by atoms with Gasteiger partial charge in [-0.05, 0) is 25.0 Å². The molecule has 1 saturated heterocycles. The lowest BCUT2D eigenvalue weighted by Crippen LogP contribution is -2.29. The van der Waals surface area contributed by atoms with E-state index in [-0.39, 0.29) is 17.2 Å². The lowest BCUT2D eigenvalue weighted by atomic mass is 10.2. The van der Waals surface area contributed by atoms with Gasteiger partial charge in [-0.3, -0.25) is 5.41 Å². The molecule has 1 fully saturated rings. The molecule has 1 aliphatic heterocycles. The largest absolute Gasteiger partial charge is 0.433 e. The number of anilines is 1. The lowest BCUT2D eigenvalue weighted by molar-refractivity contribution is -0.141. The molecule has 2 rings (SSSR count). The molecule has 110 valence electrons. The fourth-order valence-electron chi connectivity index (χ4n) is 2.34. The highest BCUT2D eigenvalue weighted by Crippen LogP contribution is 2.31. The first-order chi connectivity index (χ1) is 9.39. The monoisotopic (exact) mass is 286 g/mol. The number of hydrogen-bond donors (Lipinski definition) is 2. The number of rotatable bonds is 2. The number of nitrogens with zero attached hydrogens (tertiary/aromatic N) is 2. The minimum Gasteiger partial charge on any atom is -0.384 e. The molecule has 0 unspecified atom stereocenters. The molecule has 2 heterocycles. The molecule has 0 aromatic carbocycles.